The highest BCUT2D eigenvalue weighted by Crippen LogP contribution is 2.22. The molecular formula is C12H19ClN6O. The molecule has 0 spiro atoms. The molecule has 0 aromatic carbocycles. The molecule has 8 heteroatoms. The molecule has 1 aliphatic heterocycles. The van der Waals surface area contributed by atoms with Gasteiger partial charge in [0.2, 0.25) is 5.89 Å². The van der Waals surface area contributed by atoms with Gasteiger partial charge >= 0.3 is 0 Å². The lowest BCUT2D eigenvalue weighted by Gasteiger charge is -2.34. The zero-order valence-electron chi connectivity index (χ0n) is 11.6. The molecule has 0 amide bonds. The lowest BCUT2D eigenvalue weighted by Crippen LogP contribution is -2.46. The van der Waals surface area contributed by atoms with Gasteiger partial charge in [-0.2, -0.15) is 4.98 Å². The fraction of sp³-hybridized carbons (Fsp3) is 0.583. The number of imidazole rings is 1. The average molecular weight is 299 g/mol. The summed E-state index contributed by atoms with van der Waals surface area (Å²) < 4.78 is 7.27. The van der Waals surface area contributed by atoms with Gasteiger partial charge in [0.25, 0.3) is 0 Å². The smallest absolute Gasteiger partial charge is 0.240 e. The molecule has 1 aliphatic rings. The fourth-order valence-corrected chi connectivity index (χ4v) is 2.47. The maximum absolute atomic E-state index is 5.21. The van der Waals surface area contributed by atoms with Gasteiger partial charge in [-0.1, -0.05) is 5.16 Å². The number of aryl methyl sites for hydroxylation is 2. The molecule has 1 atom stereocenters. The van der Waals surface area contributed by atoms with Crippen LogP contribution in [-0.2, 0) is 13.6 Å². The van der Waals surface area contributed by atoms with Gasteiger partial charge in [0.15, 0.2) is 5.82 Å². The van der Waals surface area contributed by atoms with Crippen LogP contribution in [0.15, 0.2) is 16.9 Å². The van der Waals surface area contributed by atoms with Crippen molar-refractivity contribution < 1.29 is 4.52 Å². The Morgan fingerprint density at radius 2 is 2.35 bits per heavy atom. The number of hydrogen-bond donors (Lipinski definition) is 1. The molecule has 110 valence electrons. The van der Waals surface area contributed by atoms with E-state index in [1.165, 1.54) is 0 Å². The number of hydrogen-bond acceptors (Lipinski definition) is 6. The molecule has 7 nitrogen and oxygen atoms in total. The predicted molar refractivity (Wildman–Crippen MR) is 75.5 cm³/mol. The summed E-state index contributed by atoms with van der Waals surface area (Å²) in [5, 5.41) is 7.25. The van der Waals surface area contributed by atoms with Crippen LogP contribution in [0, 0.1) is 6.92 Å². The number of aromatic nitrogens is 4. The monoisotopic (exact) mass is 298 g/mol. The third kappa shape index (κ3) is 3.00. The van der Waals surface area contributed by atoms with Crippen LogP contribution in [0.3, 0.4) is 0 Å². The Labute approximate surface area is 123 Å². The van der Waals surface area contributed by atoms with Crippen molar-refractivity contribution in [3.8, 4) is 0 Å². The third-order valence-corrected chi connectivity index (χ3v) is 3.42. The summed E-state index contributed by atoms with van der Waals surface area (Å²) in [6.45, 7) is 5.30. The van der Waals surface area contributed by atoms with Crippen LogP contribution in [0.25, 0.3) is 0 Å². The second-order valence-corrected chi connectivity index (χ2v) is 4.82. The summed E-state index contributed by atoms with van der Waals surface area (Å²) in [6, 6.07) is 0.237. The van der Waals surface area contributed by atoms with Crippen LogP contribution >= 0.6 is 12.4 Å². The molecule has 0 aliphatic carbocycles. The maximum Gasteiger partial charge on any atom is 0.240 e. The number of nitrogens with one attached hydrogen (secondary N) is 1. The highest BCUT2D eigenvalue weighted by Gasteiger charge is 2.27. The second-order valence-electron chi connectivity index (χ2n) is 4.82. The fourth-order valence-electron chi connectivity index (χ4n) is 2.47. The first-order valence-electron chi connectivity index (χ1n) is 6.45. The number of nitrogens with zero attached hydrogens (tertiary/aromatic N) is 5. The highest BCUT2D eigenvalue weighted by atomic mass is 35.5. The Kier molecular flexibility index (Phi) is 4.74. The van der Waals surface area contributed by atoms with Gasteiger partial charge in [-0.15, -0.1) is 12.4 Å². The van der Waals surface area contributed by atoms with E-state index in [-0.39, 0.29) is 18.4 Å². The molecule has 1 unspecified atom stereocenters. The molecule has 1 fully saturated rings. The molecule has 3 rings (SSSR count). The molecule has 0 bridgehead atoms. The van der Waals surface area contributed by atoms with E-state index in [0.717, 1.165) is 25.5 Å². The summed E-state index contributed by atoms with van der Waals surface area (Å²) in [4.78, 5) is 11.1. The van der Waals surface area contributed by atoms with E-state index in [1.54, 1.807) is 0 Å². The minimum atomic E-state index is 0. The van der Waals surface area contributed by atoms with E-state index in [2.05, 4.69) is 29.9 Å². The minimum Gasteiger partial charge on any atom is -0.338 e. The molecular weight excluding hydrogens is 280 g/mol. The summed E-state index contributed by atoms with van der Waals surface area (Å²) in [6.07, 6.45) is 3.80. The van der Waals surface area contributed by atoms with Gasteiger partial charge in [0, 0.05) is 39.1 Å². The first kappa shape index (κ1) is 15.0. The molecule has 20 heavy (non-hydrogen) atoms. The number of piperazine rings is 1. The standard InChI is InChI=1S/C12H18N6O.ClH/c1-9-15-11(19-16-9)8-18-6-3-13-7-10(18)12-14-4-5-17(12)2;/h4-5,10,13H,3,6-8H2,1-2H3;1H. The van der Waals surface area contributed by atoms with Crippen molar-refractivity contribution in [2.45, 2.75) is 19.5 Å². The van der Waals surface area contributed by atoms with Gasteiger partial charge in [-0.25, -0.2) is 4.98 Å². The zero-order chi connectivity index (χ0) is 13.2. The van der Waals surface area contributed by atoms with Crippen LogP contribution in [0.5, 0.6) is 0 Å². The maximum atomic E-state index is 5.21. The highest BCUT2D eigenvalue weighted by molar-refractivity contribution is 5.85. The molecule has 1 N–H and O–H groups in total. The normalized spacial score (nSPS) is 19.8. The molecule has 1 saturated heterocycles. The van der Waals surface area contributed by atoms with E-state index >= 15 is 0 Å². The van der Waals surface area contributed by atoms with Gasteiger partial charge in [-0.05, 0) is 6.92 Å². The Hall–Kier alpha value is -1.44. The van der Waals surface area contributed by atoms with Gasteiger partial charge in [0.1, 0.15) is 5.82 Å². The predicted octanol–water partition coefficient (Wildman–Crippen LogP) is 0.680. The van der Waals surface area contributed by atoms with Crippen molar-refractivity contribution in [1.29, 1.82) is 0 Å². The SMILES string of the molecule is Cc1noc(CN2CCNCC2c2nccn2C)n1.Cl. The largest absolute Gasteiger partial charge is 0.338 e. The van der Waals surface area contributed by atoms with E-state index < -0.39 is 0 Å². The zero-order valence-corrected chi connectivity index (χ0v) is 12.4. The van der Waals surface area contributed by atoms with Gasteiger partial charge in [-0.3, -0.25) is 4.90 Å². The summed E-state index contributed by atoms with van der Waals surface area (Å²) in [5.41, 5.74) is 0. The summed E-state index contributed by atoms with van der Waals surface area (Å²) in [5.74, 6) is 2.40. The lowest BCUT2D eigenvalue weighted by molar-refractivity contribution is 0.128. The van der Waals surface area contributed by atoms with Crippen molar-refractivity contribution in [2.24, 2.45) is 7.05 Å². The van der Waals surface area contributed by atoms with Crippen LogP contribution in [0.1, 0.15) is 23.6 Å². The molecule has 3 heterocycles. The average Bonchev–Trinajstić information content (AvgIpc) is 2.99. The first-order chi connectivity index (χ1) is 9.24. The van der Waals surface area contributed by atoms with Crippen molar-refractivity contribution >= 4 is 12.4 Å². The van der Waals surface area contributed by atoms with E-state index in [4.69, 9.17) is 4.52 Å². The topological polar surface area (TPSA) is 72.0 Å². The van der Waals surface area contributed by atoms with E-state index in [0.29, 0.717) is 18.3 Å². The van der Waals surface area contributed by atoms with Crippen LogP contribution in [0.4, 0.5) is 0 Å². The quantitative estimate of drug-likeness (QED) is 0.898. The molecule has 2 aromatic rings. The Morgan fingerprint density at radius 1 is 1.50 bits per heavy atom. The van der Waals surface area contributed by atoms with Crippen molar-refractivity contribution in [3.63, 3.8) is 0 Å². The second kappa shape index (κ2) is 6.34. The lowest BCUT2D eigenvalue weighted by atomic mass is 10.1. The number of halogens is 1. The first-order valence-corrected chi connectivity index (χ1v) is 6.45. The van der Waals surface area contributed by atoms with Crippen molar-refractivity contribution in [2.75, 3.05) is 19.6 Å². The van der Waals surface area contributed by atoms with E-state index in [1.807, 2.05) is 26.4 Å². The molecule has 0 saturated carbocycles. The van der Waals surface area contributed by atoms with Crippen LogP contribution < -0.4 is 5.32 Å². The Balaban J connectivity index is 0.00000147. The summed E-state index contributed by atoms with van der Waals surface area (Å²) in [7, 11) is 2.02. The van der Waals surface area contributed by atoms with Gasteiger partial charge in [0.05, 0.1) is 12.6 Å². The van der Waals surface area contributed by atoms with Gasteiger partial charge < -0.3 is 14.4 Å². The van der Waals surface area contributed by atoms with E-state index in [9.17, 15) is 0 Å². The van der Waals surface area contributed by atoms with Crippen LogP contribution in [0.2, 0.25) is 0 Å². The summed E-state index contributed by atoms with van der Waals surface area (Å²) >= 11 is 0. The molecule has 0 radical (unpaired) electrons. The third-order valence-electron chi connectivity index (χ3n) is 3.42. The van der Waals surface area contributed by atoms with Crippen LogP contribution in [-0.4, -0.2) is 44.2 Å². The Bertz CT molecular complexity index is 554. The van der Waals surface area contributed by atoms with Crippen molar-refractivity contribution in [1.82, 2.24) is 29.9 Å². The molecule has 2 aromatic heterocycles. The number of rotatable bonds is 3. The Morgan fingerprint density at radius 3 is 3.00 bits per heavy atom. The minimum absolute atomic E-state index is 0. The van der Waals surface area contributed by atoms with Crippen molar-refractivity contribution in [3.05, 3.63) is 29.9 Å².